The lowest BCUT2D eigenvalue weighted by atomic mass is 9.96. The van der Waals surface area contributed by atoms with Gasteiger partial charge in [-0.1, -0.05) is 6.07 Å². The van der Waals surface area contributed by atoms with Crippen molar-refractivity contribution in [1.82, 2.24) is 15.0 Å². The normalized spacial score (nSPS) is 17.2. The van der Waals surface area contributed by atoms with E-state index in [1.54, 1.807) is 42.7 Å². The molecule has 1 unspecified atom stereocenters. The number of pyridine rings is 1. The van der Waals surface area contributed by atoms with Gasteiger partial charge in [0.05, 0.1) is 36.9 Å². The number of aliphatic hydroxyl groups is 1. The Morgan fingerprint density at radius 3 is 2.46 bits per heavy atom. The summed E-state index contributed by atoms with van der Waals surface area (Å²) in [6.45, 7) is 1.95. The SMILES string of the molecule is COc1ccc(/C(O)=C2\C(=O)C(=O)N(c3nc4ccc(C)cc4[nH]3)C2c2ccncc2)cc1OC. The summed E-state index contributed by atoms with van der Waals surface area (Å²) in [6.07, 6.45) is 3.13. The number of carbonyl (C=O) groups excluding carboxylic acids is 2. The lowest BCUT2D eigenvalue weighted by Gasteiger charge is -2.23. The average Bonchev–Trinajstić information content (AvgIpc) is 3.41. The van der Waals surface area contributed by atoms with Crippen LogP contribution < -0.4 is 14.4 Å². The van der Waals surface area contributed by atoms with Gasteiger partial charge in [-0.05, 0) is 60.5 Å². The molecule has 4 aromatic rings. The highest BCUT2D eigenvalue weighted by molar-refractivity contribution is 6.51. The van der Waals surface area contributed by atoms with Gasteiger partial charge in [0.25, 0.3) is 5.78 Å². The van der Waals surface area contributed by atoms with Gasteiger partial charge in [-0.15, -0.1) is 0 Å². The summed E-state index contributed by atoms with van der Waals surface area (Å²) < 4.78 is 10.6. The van der Waals surface area contributed by atoms with E-state index in [1.807, 2.05) is 25.1 Å². The van der Waals surface area contributed by atoms with E-state index in [0.29, 0.717) is 28.1 Å². The number of rotatable bonds is 5. The van der Waals surface area contributed by atoms with Gasteiger partial charge in [0.1, 0.15) is 5.76 Å². The summed E-state index contributed by atoms with van der Waals surface area (Å²) in [5.74, 6) is -0.909. The molecule has 0 radical (unpaired) electrons. The van der Waals surface area contributed by atoms with Crippen molar-refractivity contribution in [2.75, 3.05) is 19.1 Å². The number of fused-ring (bicyclic) bond motifs is 1. The van der Waals surface area contributed by atoms with Gasteiger partial charge < -0.3 is 19.6 Å². The number of carbonyl (C=O) groups is 2. The molecule has 1 saturated heterocycles. The topological polar surface area (TPSA) is 118 Å². The number of nitrogens with zero attached hydrogens (tertiary/aromatic N) is 3. The molecule has 2 N–H and O–H groups in total. The Morgan fingerprint density at radius 1 is 1.00 bits per heavy atom. The highest BCUT2D eigenvalue weighted by Crippen LogP contribution is 2.42. The van der Waals surface area contributed by atoms with Crippen LogP contribution in [-0.2, 0) is 9.59 Å². The first-order valence-corrected chi connectivity index (χ1v) is 10.8. The number of H-pyrrole nitrogens is 1. The summed E-state index contributed by atoms with van der Waals surface area (Å²) in [5.41, 5.74) is 3.24. The third kappa shape index (κ3) is 3.67. The molecule has 0 spiro atoms. The van der Waals surface area contributed by atoms with Crippen molar-refractivity contribution < 1.29 is 24.2 Å². The van der Waals surface area contributed by atoms with Crippen LogP contribution in [0.3, 0.4) is 0 Å². The number of aryl methyl sites for hydroxylation is 1. The van der Waals surface area contributed by atoms with Gasteiger partial charge in [-0.25, -0.2) is 4.98 Å². The molecule has 1 aliphatic rings. The molecular formula is C26H22N4O5. The van der Waals surface area contributed by atoms with Crippen LogP contribution in [0.4, 0.5) is 5.95 Å². The number of ketones is 1. The summed E-state index contributed by atoms with van der Waals surface area (Å²) in [6, 6.07) is 12.9. The molecule has 5 rings (SSSR count). The second kappa shape index (κ2) is 8.60. The summed E-state index contributed by atoms with van der Waals surface area (Å²) in [4.78, 5) is 39.7. The zero-order chi connectivity index (χ0) is 24.7. The van der Waals surface area contributed by atoms with Gasteiger partial charge in [0, 0.05) is 18.0 Å². The number of hydrogen-bond acceptors (Lipinski definition) is 7. The molecule has 176 valence electrons. The van der Waals surface area contributed by atoms with Gasteiger partial charge >= 0.3 is 5.91 Å². The molecule has 1 amide bonds. The van der Waals surface area contributed by atoms with Crippen molar-refractivity contribution in [1.29, 1.82) is 0 Å². The van der Waals surface area contributed by atoms with Crippen LogP contribution in [0, 0.1) is 6.92 Å². The lowest BCUT2D eigenvalue weighted by molar-refractivity contribution is -0.132. The largest absolute Gasteiger partial charge is 0.507 e. The van der Waals surface area contributed by atoms with E-state index in [1.165, 1.54) is 19.1 Å². The smallest absolute Gasteiger partial charge is 0.302 e. The van der Waals surface area contributed by atoms with Crippen LogP contribution in [-0.4, -0.2) is 46.0 Å². The quantitative estimate of drug-likeness (QED) is 0.258. The number of hydrogen-bond donors (Lipinski definition) is 2. The van der Waals surface area contributed by atoms with E-state index in [0.717, 1.165) is 11.1 Å². The number of nitrogens with one attached hydrogen (secondary N) is 1. The van der Waals surface area contributed by atoms with Crippen molar-refractivity contribution >= 4 is 34.4 Å². The zero-order valence-corrected chi connectivity index (χ0v) is 19.3. The molecule has 2 aromatic heterocycles. The molecule has 1 aliphatic heterocycles. The Hall–Kier alpha value is -4.66. The number of aromatic amines is 1. The molecule has 35 heavy (non-hydrogen) atoms. The second-order valence-electron chi connectivity index (χ2n) is 8.10. The van der Waals surface area contributed by atoms with Crippen molar-refractivity contribution in [2.24, 2.45) is 0 Å². The number of Topliss-reactive ketones (excluding diaryl/α,β-unsaturated/α-hetero) is 1. The number of aromatic nitrogens is 3. The summed E-state index contributed by atoms with van der Waals surface area (Å²) in [7, 11) is 2.97. The van der Waals surface area contributed by atoms with Crippen LogP contribution in [0.2, 0.25) is 0 Å². The van der Waals surface area contributed by atoms with E-state index in [2.05, 4.69) is 15.0 Å². The molecule has 0 bridgehead atoms. The minimum Gasteiger partial charge on any atom is -0.507 e. The maximum atomic E-state index is 13.3. The molecule has 0 saturated carbocycles. The first kappa shape index (κ1) is 22.1. The van der Waals surface area contributed by atoms with Crippen LogP contribution in [0.25, 0.3) is 16.8 Å². The van der Waals surface area contributed by atoms with Crippen LogP contribution >= 0.6 is 0 Å². The first-order valence-electron chi connectivity index (χ1n) is 10.8. The fourth-order valence-electron chi connectivity index (χ4n) is 4.28. The highest BCUT2D eigenvalue weighted by atomic mass is 16.5. The number of ether oxygens (including phenoxy) is 2. The Bertz CT molecular complexity index is 1490. The van der Waals surface area contributed by atoms with E-state index >= 15 is 0 Å². The van der Waals surface area contributed by atoms with Crippen molar-refractivity contribution in [3.63, 3.8) is 0 Å². The first-order chi connectivity index (χ1) is 16.9. The monoisotopic (exact) mass is 470 g/mol. The maximum Gasteiger partial charge on any atom is 0.302 e. The van der Waals surface area contributed by atoms with E-state index < -0.39 is 17.7 Å². The van der Waals surface area contributed by atoms with Gasteiger partial charge in [-0.2, -0.15) is 0 Å². The number of imidazole rings is 1. The third-order valence-electron chi connectivity index (χ3n) is 5.98. The molecule has 1 fully saturated rings. The number of benzene rings is 2. The minimum atomic E-state index is -0.923. The summed E-state index contributed by atoms with van der Waals surface area (Å²) >= 11 is 0. The molecule has 3 heterocycles. The Labute approximate surface area is 200 Å². The Morgan fingerprint density at radius 2 is 1.74 bits per heavy atom. The predicted molar refractivity (Wildman–Crippen MR) is 129 cm³/mol. The standard InChI is InChI=1S/C26H22N4O5/c1-14-4-6-17-18(12-14)29-26(28-17)30-22(15-8-10-27-11-9-15)21(24(32)25(30)33)23(31)16-5-7-19(34-2)20(13-16)35-3/h4-13,22,31H,1-3H3,(H,28,29)/b23-21+. The fourth-order valence-corrected chi connectivity index (χ4v) is 4.28. The molecule has 1 atom stereocenters. The molecule has 2 aromatic carbocycles. The fraction of sp³-hybridized carbons (Fsp3) is 0.154. The Kier molecular flexibility index (Phi) is 5.44. The molecular weight excluding hydrogens is 448 g/mol. The number of methoxy groups -OCH3 is 2. The van der Waals surface area contributed by atoms with Gasteiger partial charge in [-0.3, -0.25) is 19.5 Å². The third-order valence-corrected chi connectivity index (χ3v) is 5.98. The summed E-state index contributed by atoms with van der Waals surface area (Å²) in [5, 5.41) is 11.3. The van der Waals surface area contributed by atoms with E-state index in [4.69, 9.17) is 9.47 Å². The molecule has 9 nitrogen and oxygen atoms in total. The number of aliphatic hydroxyl groups excluding tert-OH is 1. The van der Waals surface area contributed by atoms with Crippen LogP contribution in [0.1, 0.15) is 22.7 Å². The van der Waals surface area contributed by atoms with Gasteiger partial charge in [0.2, 0.25) is 5.95 Å². The molecule has 9 heteroatoms. The molecule has 0 aliphatic carbocycles. The van der Waals surface area contributed by atoms with Crippen molar-refractivity contribution in [2.45, 2.75) is 13.0 Å². The van der Waals surface area contributed by atoms with Crippen molar-refractivity contribution in [3.8, 4) is 11.5 Å². The number of anilines is 1. The van der Waals surface area contributed by atoms with Crippen LogP contribution in [0.5, 0.6) is 11.5 Å². The van der Waals surface area contributed by atoms with Crippen molar-refractivity contribution in [3.05, 3.63) is 83.2 Å². The van der Waals surface area contributed by atoms with Gasteiger partial charge in [0.15, 0.2) is 11.5 Å². The minimum absolute atomic E-state index is 0.0648. The highest BCUT2D eigenvalue weighted by Gasteiger charge is 2.48. The lowest BCUT2D eigenvalue weighted by Crippen LogP contribution is -2.30. The zero-order valence-electron chi connectivity index (χ0n) is 19.3. The second-order valence-corrected chi connectivity index (χ2v) is 8.10. The van der Waals surface area contributed by atoms with Crippen LogP contribution in [0.15, 0.2) is 66.5 Å². The van der Waals surface area contributed by atoms with E-state index in [-0.39, 0.29) is 17.3 Å². The Balaban J connectivity index is 1.71. The average molecular weight is 470 g/mol. The maximum absolute atomic E-state index is 13.3. The van der Waals surface area contributed by atoms with E-state index in [9.17, 15) is 14.7 Å². The number of amides is 1. The predicted octanol–water partition coefficient (Wildman–Crippen LogP) is 3.91.